The van der Waals surface area contributed by atoms with Crippen LogP contribution in [0, 0.1) is 12.8 Å². The Hall–Kier alpha value is -2.43. The van der Waals surface area contributed by atoms with Crippen LogP contribution in [-0.4, -0.2) is 10.1 Å². The van der Waals surface area contributed by atoms with Crippen molar-refractivity contribution in [2.75, 3.05) is 0 Å². The molecule has 4 aromatic rings. The number of pyridine rings is 1. The van der Waals surface area contributed by atoms with Crippen LogP contribution in [0.1, 0.15) is 30.5 Å². The van der Waals surface area contributed by atoms with Crippen molar-refractivity contribution < 1.29 is 5.11 Å². The second kappa shape index (κ2) is 6.95. The first kappa shape index (κ1) is 18.0. The number of aromatic nitrogens is 1. The smallest absolute Gasteiger partial charge is 0.266 e. The number of aryl methyl sites for hydroxylation is 1. The van der Waals surface area contributed by atoms with Crippen molar-refractivity contribution in [3.8, 4) is 11.1 Å². The third-order valence-electron chi connectivity index (χ3n) is 5.04. The summed E-state index contributed by atoms with van der Waals surface area (Å²) in [5.74, 6) is 0.611. The molecule has 0 bridgehead atoms. The second-order valence-electron chi connectivity index (χ2n) is 7.55. The van der Waals surface area contributed by atoms with Gasteiger partial charge in [-0.1, -0.05) is 44.2 Å². The Labute approximate surface area is 162 Å². The molecular weight excluding hydrogens is 354 g/mol. The van der Waals surface area contributed by atoms with Crippen molar-refractivity contribution in [3.05, 3.63) is 68.8 Å². The maximum atomic E-state index is 12.5. The minimum Gasteiger partial charge on any atom is -0.392 e. The van der Waals surface area contributed by atoms with Crippen molar-refractivity contribution >= 4 is 32.3 Å². The lowest BCUT2D eigenvalue weighted by molar-refractivity contribution is 0.282. The van der Waals surface area contributed by atoms with Gasteiger partial charge in [0.25, 0.3) is 5.56 Å². The van der Waals surface area contributed by atoms with E-state index in [1.807, 2.05) is 24.4 Å². The molecule has 0 saturated carbocycles. The normalized spacial score (nSPS) is 11.7. The Bertz CT molecular complexity index is 1180. The molecule has 2 aromatic carbocycles. The lowest BCUT2D eigenvalue weighted by Crippen LogP contribution is -2.07. The Morgan fingerprint density at radius 2 is 1.89 bits per heavy atom. The fourth-order valence-corrected chi connectivity index (χ4v) is 4.70. The van der Waals surface area contributed by atoms with E-state index in [1.165, 1.54) is 16.9 Å². The van der Waals surface area contributed by atoms with Gasteiger partial charge in [-0.3, -0.25) is 4.79 Å². The zero-order valence-electron chi connectivity index (χ0n) is 15.8. The molecule has 0 amide bonds. The molecule has 0 aliphatic rings. The lowest BCUT2D eigenvalue weighted by atomic mass is 9.90. The van der Waals surface area contributed by atoms with E-state index < -0.39 is 0 Å². The van der Waals surface area contributed by atoms with Gasteiger partial charge < -0.3 is 10.1 Å². The summed E-state index contributed by atoms with van der Waals surface area (Å²) in [4.78, 5) is 15.5. The quantitative estimate of drug-likeness (QED) is 0.500. The van der Waals surface area contributed by atoms with Gasteiger partial charge in [0.1, 0.15) is 4.70 Å². The highest BCUT2D eigenvalue weighted by molar-refractivity contribution is 7.17. The Morgan fingerprint density at radius 3 is 2.56 bits per heavy atom. The number of thiophene rings is 1. The minimum absolute atomic E-state index is 0.0371. The fourth-order valence-electron chi connectivity index (χ4n) is 3.90. The number of aromatic amines is 1. The maximum absolute atomic E-state index is 12.5. The number of aliphatic hydroxyl groups excluding tert-OH is 1. The number of hydrogen-bond donors (Lipinski definition) is 2. The molecule has 27 heavy (non-hydrogen) atoms. The van der Waals surface area contributed by atoms with Crippen molar-refractivity contribution in [3.63, 3.8) is 0 Å². The van der Waals surface area contributed by atoms with Gasteiger partial charge in [-0.2, -0.15) is 0 Å². The van der Waals surface area contributed by atoms with Crippen LogP contribution in [0.25, 0.3) is 32.1 Å². The van der Waals surface area contributed by atoms with E-state index in [4.69, 9.17) is 0 Å². The average Bonchev–Trinajstić information content (AvgIpc) is 3.13. The molecule has 0 unspecified atom stereocenters. The Morgan fingerprint density at radius 1 is 1.15 bits per heavy atom. The molecule has 0 spiro atoms. The van der Waals surface area contributed by atoms with Gasteiger partial charge in [-0.05, 0) is 58.5 Å². The zero-order chi connectivity index (χ0) is 19.1. The van der Waals surface area contributed by atoms with Gasteiger partial charge in [0.05, 0.1) is 12.1 Å². The Kier molecular flexibility index (Phi) is 4.62. The predicted octanol–water partition coefficient (Wildman–Crippen LogP) is 5.41. The molecule has 0 saturated heterocycles. The number of H-pyrrole nitrogens is 1. The Balaban J connectivity index is 2.05. The van der Waals surface area contributed by atoms with Gasteiger partial charge in [0.15, 0.2) is 0 Å². The van der Waals surface area contributed by atoms with Crippen LogP contribution in [-0.2, 0) is 13.0 Å². The highest BCUT2D eigenvalue weighted by atomic mass is 32.1. The third kappa shape index (κ3) is 3.09. The van der Waals surface area contributed by atoms with Crippen molar-refractivity contribution in [2.24, 2.45) is 5.92 Å². The molecule has 4 heteroatoms. The standard InChI is InChI=1S/C23H23NO2S/c1-13(2)10-15-4-6-16(7-5-15)19-17(12-25)11-14(3)21-20(19)18-8-9-27-22(18)23(26)24-21/h4-9,11,13,25H,10,12H2,1-3H3,(H,24,26). The lowest BCUT2D eigenvalue weighted by Gasteiger charge is -2.16. The molecule has 0 aliphatic carbocycles. The van der Waals surface area contributed by atoms with E-state index in [9.17, 15) is 9.90 Å². The summed E-state index contributed by atoms with van der Waals surface area (Å²) in [6.07, 6.45) is 1.05. The van der Waals surface area contributed by atoms with E-state index in [0.29, 0.717) is 5.92 Å². The second-order valence-corrected chi connectivity index (χ2v) is 8.46. The number of rotatable bonds is 4. The van der Waals surface area contributed by atoms with Gasteiger partial charge >= 0.3 is 0 Å². The fraction of sp³-hybridized carbons (Fsp3) is 0.261. The van der Waals surface area contributed by atoms with Crippen LogP contribution in [0.2, 0.25) is 0 Å². The van der Waals surface area contributed by atoms with Gasteiger partial charge in [0, 0.05) is 10.8 Å². The minimum atomic E-state index is -0.0504. The van der Waals surface area contributed by atoms with Crippen LogP contribution >= 0.6 is 11.3 Å². The van der Waals surface area contributed by atoms with E-state index in [2.05, 4.69) is 43.1 Å². The van der Waals surface area contributed by atoms with Gasteiger partial charge in [0.2, 0.25) is 0 Å². The summed E-state index contributed by atoms with van der Waals surface area (Å²) >= 11 is 1.46. The summed E-state index contributed by atoms with van der Waals surface area (Å²) in [5, 5.41) is 14.0. The summed E-state index contributed by atoms with van der Waals surface area (Å²) in [5.41, 5.74) is 6.04. The molecular formula is C23H23NO2S. The van der Waals surface area contributed by atoms with E-state index >= 15 is 0 Å². The number of benzene rings is 2. The number of fused-ring (bicyclic) bond motifs is 3. The monoisotopic (exact) mass is 377 g/mol. The molecule has 2 heterocycles. The zero-order valence-corrected chi connectivity index (χ0v) is 16.6. The highest BCUT2D eigenvalue weighted by Crippen LogP contribution is 2.38. The molecule has 4 rings (SSSR count). The number of aliphatic hydroxyl groups is 1. The van der Waals surface area contributed by atoms with Crippen LogP contribution in [0.5, 0.6) is 0 Å². The van der Waals surface area contributed by atoms with E-state index in [1.54, 1.807) is 0 Å². The number of hydrogen-bond acceptors (Lipinski definition) is 3. The first-order valence-corrected chi connectivity index (χ1v) is 10.1. The molecule has 0 atom stereocenters. The highest BCUT2D eigenvalue weighted by Gasteiger charge is 2.17. The SMILES string of the molecule is Cc1cc(CO)c(-c2ccc(CC(C)C)cc2)c2c1[nH]c(=O)c1sccc12. The van der Waals surface area contributed by atoms with Crippen LogP contribution in [0.4, 0.5) is 0 Å². The summed E-state index contributed by atoms with van der Waals surface area (Å²) in [6.45, 7) is 6.37. The van der Waals surface area contributed by atoms with Crippen LogP contribution in [0.15, 0.2) is 46.6 Å². The molecule has 0 aliphatic heterocycles. The molecule has 0 fully saturated rings. The van der Waals surface area contributed by atoms with Crippen molar-refractivity contribution in [1.29, 1.82) is 0 Å². The maximum Gasteiger partial charge on any atom is 0.266 e. The topological polar surface area (TPSA) is 53.1 Å². The average molecular weight is 378 g/mol. The molecule has 0 radical (unpaired) electrons. The van der Waals surface area contributed by atoms with Crippen LogP contribution < -0.4 is 5.56 Å². The molecule has 2 aromatic heterocycles. The largest absolute Gasteiger partial charge is 0.392 e. The van der Waals surface area contributed by atoms with Crippen LogP contribution in [0.3, 0.4) is 0 Å². The van der Waals surface area contributed by atoms with Gasteiger partial charge in [-0.15, -0.1) is 11.3 Å². The van der Waals surface area contributed by atoms with Crippen molar-refractivity contribution in [2.45, 2.75) is 33.8 Å². The third-order valence-corrected chi connectivity index (χ3v) is 5.96. The predicted molar refractivity (Wildman–Crippen MR) is 115 cm³/mol. The van der Waals surface area contributed by atoms with E-state index in [0.717, 1.165) is 49.7 Å². The molecule has 3 nitrogen and oxygen atoms in total. The first-order chi connectivity index (χ1) is 13.0. The first-order valence-electron chi connectivity index (χ1n) is 9.25. The van der Waals surface area contributed by atoms with Gasteiger partial charge in [-0.25, -0.2) is 0 Å². The van der Waals surface area contributed by atoms with E-state index in [-0.39, 0.29) is 12.2 Å². The number of nitrogens with one attached hydrogen (secondary N) is 1. The summed E-state index contributed by atoms with van der Waals surface area (Å²) in [6, 6.07) is 12.6. The molecule has 138 valence electrons. The summed E-state index contributed by atoms with van der Waals surface area (Å²) in [7, 11) is 0. The van der Waals surface area contributed by atoms with Crippen molar-refractivity contribution in [1.82, 2.24) is 4.98 Å². The molecule has 2 N–H and O–H groups in total. The summed E-state index contributed by atoms with van der Waals surface area (Å²) < 4.78 is 0.731.